The number of carboxylic acid groups (broad SMARTS) is 1. The molecule has 2 aromatic rings. The molecular weight excluding hydrogens is 274 g/mol. The normalized spacial score (nSPS) is 14.5. The van der Waals surface area contributed by atoms with E-state index >= 15 is 0 Å². The molecule has 8 nitrogen and oxygen atoms in total. The van der Waals surface area contributed by atoms with Crippen LogP contribution >= 0.6 is 0 Å². The minimum absolute atomic E-state index is 0.195. The Hall–Kier alpha value is -2.25. The number of carbonyl (C=O) groups is 1. The van der Waals surface area contributed by atoms with Gasteiger partial charge in [0.05, 0.1) is 5.69 Å². The quantitative estimate of drug-likeness (QED) is 0.732. The lowest BCUT2D eigenvalue weighted by molar-refractivity contribution is -0.137. The molecule has 1 aliphatic carbocycles. The zero-order valence-corrected chi connectivity index (χ0v) is 11.6. The third-order valence-electron chi connectivity index (χ3n) is 3.38. The van der Waals surface area contributed by atoms with Crippen molar-refractivity contribution in [1.29, 1.82) is 0 Å². The van der Waals surface area contributed by atoms with Crippen LogP contribution in [0.5, 0.6) is 0 Å². The van der Waals surface area contributed by atoms with E-state index in [1.54, 1.807) is 4.68 Å². The summed E-state index contributed by atoms with van der Waals surface area (Å²) < 4.78 is 6.85. The Bertz CT molecular complexity index is 617. The predicted molar refractivity (Wildman–Crippen MR) is 70.6 cm³/mol. The number of hydrogen-bond donors (Lipinski definition) is 1. The van der Waals surface area contributed by atoms with E-state index in [0.717, 1.165) is 37.2 Å². The zero-order valence-electron chi connectivity index (χ0n) is 11.6. The molecule has 0 atom stereocenters. The van der Waals surface area contributed by atoms with Crippen LogP contribution in [-0.2, 0) is 17.8 Å². The highest BCUT2D eigenvalue weighted by molar-refractivity contribution is 5.66. The highest BCUT2D eigenvalue weighted by Gasteiger charge is 2.28. The highest BCUT2D eigenvalue weighted by atomic mass is 16.5. The Kier molecular flexibility index (Phi) is 3.94. The van der Waals surface area contributed by atoms with Crippen LogP contribution in [0, 0.1) is 0 Å². The lowest BCUT2D eigenvalue weighted by atomic mass is 10.1. The van der Waals surface area contributed by atoms with Crippen molar-refractivity contribution in [3.63, 3.8) is 0 Å². The van der Waals surface area contributed by atoms with E-state index in [4.69, 9.17) is 9.63 Å². The second-order valence-electron chi connectivity index (χ2n) is 5.33. The molecule has 0 spiro atoms. The molecular formula is C13H17N5O3. The van der Waals surface area contributed by atoms with Crippen LogP contribution in [0.3, 0.4) is 0 Å². The Morgan fingerprint density at radius 3 is 3.05 bits per heavy atom. The van der Waals surface area contributed by atoms with Crippen molar-refractivity contribution < 1.29 is 14.4 Å². The number of rotatable bonds is 8. The maximum Gasteiger partial charge on any atom is 0.303 e. The molecule has 2 aromatic heterocycles. The zero-order chi connectivity index (χ0) is 14.7. The predicted octanol–water partition coefficient (Wildman–Crippen LogP) is 1.38. The Morgan fingerprint density at radius 1 is 1.43 bits per heavy atom. The molecule has 1 N–H and O–H groups in total. The molecule has 0 amide bonds. The lowest BCUT2D eigenvalue weighted by Gasteiger charge is -1.95. The van der Waals surface area contributed by atoms with Crippen molar-refractivity contribution in [3.05, 3.63) is 23.6 Å². The highest BCUT2D eigenvalue weighted by Crippen LogP contribution is 2.38. The van der Waals surface area contributed by atoms with E-state index in [1.165, 1.54) is 0 Å². The van der Waals surface area contributed by atoms with Gasteiger partial charge in [-0.1, -0.05) is 10.4 Å². The van der Waals surface area contributed by atoms with Crippen molar-refractivity contribution in [2.75, 3.05) is 0 Å². The summed E-state index contributed by atoms with van der Waals surface area (Å²) in [5.74, 6) is 1.04. The van der Waals surface area contributed by atoms with E-state index < -0.39 is 5.97 Å². The van der Waals surface area contributed by atoms with Gasteiger partial charge in [-0.2, -0.15) is 4.98 Å². The van der Waals surface area contributed by atoms with Crippen LogP contribution in [0.2, 0.25) is 0 Å². The van der Waals surface area contributed by atoms with E-state index in [-0.39, 0.29) is 6.42 Å². The van der Waals surface area contributed by atoms with Crippen molar-refractivity contribution in [2.45, 2.75) is 51.0 Å². The molecule has 112 valence electrons. The summed E-state index contributed by atoms with van der Waals surface area (Å²) >= 11 is 0. The van der Waals surface area contributed by atoms with Crippen molar-refractivity contribution in [2.24, 2.45) is 0 Å². The fourth-order valence-electron chi connectivity index (χ4n) is 2.09. The Morgan fingerprint density at radius 2 is 2.29 bits per heavy atom. The summed E-state index contributed by atoms with van der Waals surface area (Å²) in [6, 6.07) is 0. The van der Waals surface area contributed by atoms with Crippen LogP contribution < -0.4 is 0 Å². The molecule has 1 fully saturated rings. The fourth-order valence-corrected chi connectivity index (χ4v) is 2.09. The first-order valence-electron chi connectivity index (χ1n) is 7.14. The van der Waals surface area contributed by atoms with Gasteiger partial charge in [0.15, 0.2) is 5.82 Å². The molecule has 2 heterocycles. The number of carboxylic acids is 1. The van der Waals surface area contributed by atoms with Gasteiger partial charge in [0.1, 0.15) is 6.54 Å². The second-order valence-corrected chi connectivity index (χ2v) is 5.33. The first-order valence-corrected chi connectivity index (χ1v) is 7.14. The van der Waals surface area contributed by atoms with Gasteiger partial charge in [-0.3, -0.25) is 4.79 Å². The molecule has 0 aliphatic heterocycles. The number of unbranched alkanes of at least 4 members (excludes halogenated alkanes) is 1. The molecule has 0 saturated heterocycles. The largest absolute Gasteiger partial charge is 0.481 e. The van der Waals surface area contributed by atoms with Crippen molar-refractivity contribution in [3.8, 4) is 0 Å². The minimum atomic E-state index is -0.762. The fraction of sp³-hybridized carbons (Fsp3) is 0.615. The molecule has 1 aliphatic rings. The minimum Gasteiger partial charge on any atom is -0.481 e. The maximum absolute atomic E-state index is 10.4. The molecule has 0 radical (unpaired) electrons. The summed E-state index contributed by atoms with van der Waals surface area (Å²) in [5, 5.41) is 20.6. The summed E-state index contributed by atoms with van der Waals surface area (Å²) in [6.07, 6.45) is 6.48. The number of hydrogen-bond acceptors (Lipinski definition) is 6. The topological polar surface area (TPSA) is 107 Å². The third kappa shape index (κ3) is 3.87. The van der Waals surface area contributed by atoms with Gasteiger partial charge in [-0.15, -0.1) is 5.10 Å². The van der Waals surface area contributed by atoms with Gasteiger partial charge in [-0.05, 0) is 32.1 Å². The van der Waals surface area contributed by atoms with E-state index in [0.29, 0.717) is 24.8 Å². The molecule has 0 unspecified atom stereocenters. The van der Waals surface area contributed by atoms with Gasteiger partial charge in [-0.25, -0.2) is 4.68 Å². The molecule has 3 rings (SSSR count). The van der Waals surface area contributed by atoms with Gasteiger partial charge < -0.3 is 9.63 Å². The first kappa shape index (κ1) is 13.7. The maximum atomic E-state index is 10.4. The van der Waals surface area contributed by atoms with Crippen molar-refractivity contribution in [1.82, 2.24) is 25.1 Å². The summed E-state index contributed by atoms with van der Waals surface area (Å²) in [6.45, 7) is 0.418. The lowest BCUT2D eigenvalue weighted by Crippen LogP contribution is -2.00. The van der Waals surface area contributed by atoms with Crippen LogP contribution in [0.1, 0.15) is 55.4 Å². The van der Waals surface area contributed by atoms with Crippen LogP contribution in [0.15, 0.2) is 10.7 Å². The first-order chi connectivity index (χ1) is 10.2. The van der Waals surface area contributed by atoms with E-state index in [9.17, 15) is 4.79 Å². The van der Waals surface area contributed by atoms with Gasteiger partial charge in [0.25, 0.3) is 0 Å². The third-order valence-corrected chi connectivity index (χ3v) is 3.38. The Labute approximate surface area is 121 Å². The Balaban J connectivity index is 1.48. The van der Waals surface area contributed by atoms with Crippen molar-refractivity contribution >= 4 is 5.97 Å². The van der Waals surface area contributed by atoms with Gasteiger partial charge in [0.2, 0.25) is 5.89 Å². The molecule has 0 aromatic carbocycles. The standard InChI is InChI=1S/C13H17N5O3/c19-12(20)4-2-1-3-10-7-18(17-15-10)8-11-14-13(16-21-11)9-5-6-9/h7,9H,1-6,8H2,(H,19,20). The van der Waals surface area contributed by atoms with Gasteiger partial charge in [0, 0.05) is 18.5 Å². The van der Waals surface area contributed by atoms with Crippen LogP contribution in [0.4, 0.5) is 0 Å². The number of nitrogens with zero attached hydrogens (tertiary/aromatic N) is 5. The van der Waals surface area contributed by atoms with E-state index in [1.807, 2.05) is 6.20 Å². The SMILES string of the molecule is O=C(O)CCCCc1cn(Cc2nc(C3CC3)no2)nn1. The van der Waals surface area contributed by atoms with E-state index in [2.05, 4.69) is 20.5 Å². The molecule has 0 bridgehead atoms. The monoisotopic (exact) mass is 291 g/mol. The molecule has 8 heteroatoms. The number of aliphatic carboxylic acids is 1. The number of aromatic nitrogens is 5. The molecule has 21 heavy (non-hydrogen) atoms. The van der Waals surface area contributed by atoms with Crippen LogP contribution in [-0.4, -0.2) is 36.2 Å². The molecule has 1 saturated carbocycles. The second kappa shape index (κ2) is 6.02. The van der Waals surface area contributed by atoms with Gasteiger partial charge >= 0.3 is 5.97 Å². The smallest absolute Gasteiger partial charge is 0.303 e. The van der Waals surface area contributed by atoms with Crippen LogP contribution in [0.25, 0.3) is 0 Å². The number of aryl methyl sites for hydroxylation is 1. The summed E-state index contributed by atoms with van der Waals surface area (Å²) in [4.78, 5) is 14.8. The summed E-state index contributed by atoms with van der Waals surface area (Å²) in [5.41, 5.74) is 0.849. The summed E-state index contributed by atoms with van der Waals surface area (Å²) in [7, 11) is 0. The average Bonchev–Trinajstić information content (AvgIpc) is 3.04. The average molecular weight is 291 g/mol.